The van der Waals surface area contributed by atoms with Crippen LogP contribution < -0.4 is 0 Å². The van der Waals surface area contributed by atoms with Crippen LogP contribution in [0.1, 0.15) is 0 Å². The van der Waals surface area contributed by atoms with Gasteiger partial charge < -0.3 is 0 Å². The Balaban J connectivity index is 2.55. The van der Waals surface area contributed by atoms with E-state index in [1.807, 2.05) is 0 Å². The van der Waals surface area contributed by atoms with Crippen molar-refractivity contribution >= 4 is 22.5 Å². The van der Waals surface area contributed by atoms with E-state index in [-0.39, 0.29) is 0 Å². The van der Waals surface area contributed by atoms with E-state index < -0.39 is 0 Å². The first kappa shape index (κ1) is 4.34. The maximum atomic E-state index is 7.75. The van der Waals surface area contributed by atoms with Crippen molar-refractivity contribution in [3.63, 3.8) is 0 Å². The van der Waals surface area contributed by atoms with Gasteiger partial charge in [-0.05, 0) is 0 Å². The molecule has 0 saturated heterocycles. The van der Waals surface area contributed by atoms with Gasteiger partial charge in [0.15, 0.2) is 0 Å². The average Bonchev–Trinajstić information content (AvgIpc) is 1.37. The molecule has 0 aromatic rings. The third-order valence-electron chi connectivity index (χ3n) is 0.149. The summed E-state index contributed by atoms with van der Waals surface area (Å²) >= 11 is 0.554. The van der Waals surface area contributed by atoms with Crippen LogP contribution in [0.3, 0.4) is 0 Å². The minimum atomic E-state index is 0.554. The van der Waals surface area contributed by atoms with Gasteiger partial charge in [0.25, 0.3) is 0 Å². The molecule has 0 aromatic heterocycles. The summed E-state index contributed by atoms with van der Waals surface area (Å²) < 4.78 is 1.77. The Hall–Kier alpha value is 0.339. The van der Waals surface area contributed by atoms with E-state index in [1.165, 1.54) is 0 Å². The van der Waals surface area contributed by atoms with Crippen molar-refractivity contribution in [2.24, 2.45) is 0 Å². The van der Waals surface area contributed by atoms with Gasteiger partial charge in [0.2, 0.25) is 0 Å². The Labute approximate surface area is 38.4 Å². The summed E-state index contributed by atoms with van der Waals surface area (Å²) in [6.45, 7) is 0. The fourth-order valence-corrected chi connectivity index (χ4v) is 0. The van der Waals surface area contributed by atoms with E-state index in [9.17, 15) is 0 Å². The predicted molar refractivity (Wildman–Crippen MR) is 21.7 cm³/mol. The van der Waals surface area contributed by atoms with Gasteiger partial charge in [0.05, 0.1) is 0 Å². The number of hydrogen-bond acceptors (Lipinski definition) is 1. The second kappa shape index (κ2) is 3.34. The Morgan fingerprint density at radius 3 is 2.00 bits per heavy atom. The minimum absolute atomic E-state index is 0.554. The van der Waals surface area contributed by atoms with Gasteiger partial charge in [-0.2, -0.15) is 0 Å². The molecule has 0 aromatic carbocycles. The van der Waals surface area contributed by atoms with E-state index >= 15 is 0 Å². The van der Waals surface area contributed by atoms with Crippen molar-refractivity contribution in [3.8, 4) is 0 Å². The molecule has 1 nitrogen and oxygen atoms in total. The normalized spacial score (nSPS) is 10.0. The van der Waals surface area contributed by atoms with Gasteiger partial charge in [0, 0.05) is 0 Å². The molecule has 0 aliphatic carbocycles. The number of aliphatic hydroxyl groups excluding tert-OH is 1. The van der Waals surface area contributed by atoms with Gasteiger partial charge in [0.1, 0.15) is 0 Å². The molecule has 0 unspecified atom stereocenters. The molecule has 0 amide bonds. The van der Waals surface area contributed by atoms with Crippen molar-refractivity contribution in [2.45, 2.75) is 0 Å². The van der Waals surface area contributed by atoms with E-state index in [4.69, 9.17) is 5.11 Å². The van der Waals surface area contributed by atoms with Crippen molar-refractivity contribution in [3.05, 3.63) is 10.4 Å². The molecule has 0 saturated carbocycles. The average molecular weight is 165 g/mol. The van der Waals surface area contributed by atoms with Crippen LogP contribution in [0.2, 0.25) is 0 Å². The Morgan fingerprint density at radius 1 is 1.75 bits per heavy atom. The molecule has 0 bridgehead atoms. The summed E-state index contributed by atoms with van der Waals surface area (Å²) in [6.07, 6.45) is 1.09. The summed E-state index contributed by atoms with van der Waals surface area (Å²) in [6, 6.07) is 0. The summed E-state index contributed by atoms with van der Waals surface area (Å²) in [5.74, 6) is 0. The quantitative estimate of drug-likeness (QED) is 0.374. The molecule has 0 spiro atoms. The topological polar surface area (TPSA) is 20.2 Å². The fourth-order valence-electron chi connectivity index (χ4n) is 0. The molecular formula is C2H6OSn. The standard InChI is InChI=1S/C2H3O.Sn.3H/c1-2-3;;;;/h1-3H;;;;. The van der Waals surface area contributed by atoms with Gasteiger partial charge in [-0.1, -0.05) is 0 Å². The Kier molecular flexibility index (Phi) is 3.62. The van der Waals surface area contributed by atoms with Gasteiger partial charge >= 0.3 is 38.0 Å². The first-order valence-corrected chi connectivity index (χ1v) is 4.46. The van der Waals surface area contributed by atoms with Crippen LogP contribution in [0.4, 0.5) is 0 Å². The van der Waals surface area contributed by atoms with E-state index in [2.05, 4.69) is 0 Å². The number of rotatable bonds is 0. The second-order valence-corrected chi connectivity index (χ2v) is 2.39. The third-order valence-corrected chi connectivity index (χ3v) is 1.00. The van der Waals surface area contributed by atoms with E-state index in [0.717, 1.165) is 6.26 Å². The van der Waals surface area contributed by atoms with Gasteiger partial charge in [-0.3, -0.25) is 0 Å². The third kappa shape index (κ3) is 2.34. The number of aliphatic hydroxyl groups is 1. The molecule has 0 aliphatic rings. The van der Waals surface area contributed by atoms with E-state index in [1.54, 1.807) is 4.09 Å². The van der Waals surface area contributed by atoms with Gasteiger partial charge in [-0.15, -0.1) is 0 Å². The summed E-state index contributed by atoms with van der Waals surface area (Å²) in [5.41, 5.74) is 0. The first-order valence-electron chi connectivity index (χ1n) is 1.17. The molecule has 0 fully saturated rings. The summed E-state index contributed by atoms with van der Waals surface area (Å²) in [4.78, 5) is 0. The monoisotopic (exact) mass is 166 g/mol. The van der Waals surface area contributed by atoms with Gasteiger partial charge in [-0.25, -0.2) is 0 Å². The zero-order valence-electron chi connectivity index (χ0n) is 2.60. The van der Waals surface area contributed by atoms with Crippen molar-refractivity contribution < 1.29 is 5.11 Å². The fraction of sp³-hybridized carbons (Fsp3) is 0. The first-order chi connectivity index (χ1) is 1.91. The Bertz CT molecular complexity index is 21.2. The second-order valence-electron chi connectivity index (χ2n) is 0.482. The number of hydrogen-bond donors (Lipinski definition) is 1. The van der Waals surface area contributed by atoms with Crippen LogP contribution in [0, 0.1) is 0 Å². The van der Waals surface area contributed by atoms with Crippen LogP contribution in [0.5, 0.6) is 0 Å². The van der Waals surface area contributed by atoms with Crippen molar-refractivity contribution in [1.29, 1.82) is 0 Å². The zero-order chi connectivity index (χ0) is 3.41. The molecule has 2 heteroatoms. The summed E-state index contributed by atoms with van der Waals surface area (Å²) in [7, 11) is 0. The predicted octanol–water partition coefficient (Wildman–Crippen LogP) is -0.619. The Morgan fingerprint density at radius 2 is 2.00 bits per heavy atom. The maximum absolute atomic E-state index is 7.75. The molecule has 0 aliphatic heterocycles. The van der Waals surface area contributed by atoms with Crippen LogP contribution >= 0.6 is 0 Å². The molecule has 24 valence electrons. The molecule has 4 heavy (non-hydrogen) atoms. The van der Waals surface area contributed by atoms with E-state index in [0.29, 0.717) is 22.5 Å². The van der Waals surface area contributed by atoms with Crippen LogP contribution in [-0.4, -0.2) is 27.6 Å². The SMILES string of the molecule is O/C=[CH]/[SnH3]. The molecular weight excluding hydrogens is 159 g/mol. The molecule has 1 N–H and O–H groups in total. The molecule has 0 rings (SSSR count). The molecule has 0 atom stereocenters. The van der Waals surface area contributed by atoms with Crippen LogP contribution in [0.15, 0.2) is 10.4 Å². The zero-order valence-corrected chi connectivity index (χ0v) is 8.31. The van der Waals surface area contributed by atoms with Crippen LogP contribution in [-0.2, 0) is 0 Å². The molecule has 0 radical (unpaired) electrons. The van der Waals surface area contributed by atoms with Crippen molar-refractivity contribution in [2.75, 3.05) is 0 Å². The molecule has 0 heterocycles. The summed E-state index contributed by atoms with van der Waals surface area (Å²) in [5, 5.41) is 7.75. The van der Waals surface area contributed by atoms with Crippen molar-refractivity contribution in [1.82, 2.24) is 0 Å². The van der Waals surface area contributed by atoms with Crippen LogP contribution in [0.25, 0.3) is 0 Å².